The van der Waals surface area contributed by atoms with Crippen LogP contribution in [0.2, 0.25) is 0 Å². The summed E-state index contributed by atoms with van der Waals surface area (Å²) < 4.78 is 5.45. The van der Waals surface area contributed by atoms with Gasteiger partial charge in [0.15, 0.2) is 5.82 Å². The topological polar surface area (TPSA) is 59.2 Å². The van der Waals surface area contributed by atoms with E-state index in [0.717, 1.165) is 24.1 Å². The largest absolute Gasteiger partial charge is 0.334 e. The Morgan fingerprint density at radius 1 is 1.00 bits per heavy atom. The van der Waals surface area contributed by atoms with Crippen molar-refractivity contribution in [2.45, 2.75) is 39.0 Å². The lowest BCUT2D eigenvalue weighted by atomic mass is 10.1. The molecule has 1 amide bonds. The predicted molar refractivity (Wildman–Crippen MR) is 105 cm³/mol. The smallest absolute Gasteiger partial charge is 0.257 e. The summed E-state index contributed by atoms with van der Waals surface area (Å²) in [4.78, 5) is 18.9. The number of carbonyl (C=O) groups excluding carboxylic acids is 1. The molecular formula is C22H23N3O2. The lowest BCUT2D eigenvalue weighted by Crippen LogP contribution is -2.24. The molecule has 0 radical (unpaired) electrons. The van der Waals surface area contributed by atoms with Gasteiger partial charge in [0.25, 0.3) is 5.89 Å². The number of aryl methyl sites for hydroxylation is 2. The first-order valence-corrected chi connectivity index (χ1v) is 9.50. The van der Waals surface area contributed by atoms with Gasteiger partial charge in [0.1, 0.15) is 0 Å². The van der Waals surface area contributed by atoms with E-state index in [1.54, 1.807) is 0 Å². The Morgan fingerprint density at radius 3 is 2.26 bits per heavy atom. The van der Waals surface area contributed by atoms with Gasteiger partial charge in [-0.3, -0.25) is 4.79 Å². The van der Waals surface area contributed by atoms with Gasteiger partial charge < -0.3 is 9.42 Å². The standard InChI is InChI=1S/C22H23N3O2/c1-3-15-5-9-17(10-6-15)22-23-21(24-27-22)18-13-20(26)25(14-18)19-11-7-16(4-2)8-12-19/h5-12,18H,3-4,13-14H2,1-2H3. The van der Waals surface area contributed by atoms with E-state index in [9.17, 15) is 4.79 Å². The van der Waals surface area contributed by atoms with Crippen LogP contribution in [0.3, 0.4) is 0 Å². The Hall–Kier alpha value is -2.95. The van der Waals surface area contributed by atoms with Crippen LogP contribution in [0.25, 0.3) is 11.5 Å². The van der Waals surface area contributed by atoms with Gasteiger partial charge in [-0.05, 0) is 48.2 Å². The lowest BCUT2D eigenvalue weighted by molar-refractivity contribution is -0.117. The number of nitrogens with zero attached hydrogens (tertiary/aromatic N) is 3. The molecule has 0 N–H and O–H groups in total. The van der Waals surface area contributed by atoms with Gasteiger partial charge in [0, 0.05) is 30.1 Å². The second-order valence-electron chi connectivity index (χ2n) is 6.93. The summed E-state index contributed by atoms with van der Waals surface area (Å²) in [6, 6.07) is 16.3. The first-order valence-electron chi connectivity index (χ1n) is 9.50. The van der Waals surface area contributed by atoms with Crippen molar-refractivity contribution in [1.29, 1.82) is 0 Å². The third-order valence-electron chi connectivity index (χ3n) is 5.20. The van der Waals surface area contributed by atoms with Crippen LogP contribution in [0.15, 0.2) is 53.1 Å². The molecule has 0 aliphatic carbocycles. The maximum atomic E-state index is 12.5. The normalized spacial score (nSPS) is 16.9. The summed E-state index contributed by atoms with van der Waals surface area (Å²) in [6.45, 7) is 4.83. The fourth-order valence-corrected chi connectivity index (χ4v) is 3.44. The molecule has 4 rings (SSSR count). The lowest BCUT2D eigenvalue weighted by Gasteiger charge is -2.16. The number of aromatic nitrogens is 2. The Kier molecular flexibility index (Phi) is 4.75. The third-order valence-corrected chi connectivity index (χ3v) is 5.20. The van der Waals surface area contributed by atoms with E-state index in [0.29, 0.717) is 24.7 Å². The summed E-state index contributed by atoms with van der Waals surface area (Å²) in [5.41, 5.74) is 4.37. The number of anilines is 1. The van der Waals surface area contributed by atoms with Gasteiger partial charge in [-0.15, -0.1) is 0 Å². The predicted octanol–water partition coefficient (Wildman–Crippen LogP) is 4.38. The maximum absolute atomic E-state index is 12.5. The molecular weight excluding hydrogens is 338 g/mol. The molecule has 138 valence electrons. The van der Waals surface area contributed by atoms with Gasteiger partial charge in [-0.25, -0.2) is 0 Å². The van der Waals surface area contributed by atoms with Crippen LogP contribution in [0, 0.1) is 0 Å². The van der Waals surface area contributed by atoms with Crippen LogP contribution in [0.5, 0.6) is 0 Å². The van der Waals surface area contributed by atoms with E-state index in [4.69, 9.17) is 4.52 Å². The fourth-order valence-electron chi connectivity index (χ4n) is 3.44. The van der Waals surface area contributed by atoms with Crippen LogP contribution in [-0.2, 0) is 17.6 Å². The molecule has 1 saturated heterocycles. The molecule has 2 heterocycles. The van der Waals surface area contributed by atoms with Crippen molar-refractivity contribution < 1.29 is 9.32 Å². The van der Waals surface area contributed by atoms with E-state index >= 15 is 0 Å². The van der Waals surface area contributed by atoms with Crippen molar-refractivity contribution in [3.8, 4) is 11.5 Å². The molecule has 0 spiro atoms. The summed E-state index contributed by atoms with van der Waals surface area (Å²) >= 11 is 0. The third kappa shape index (κ3) is 3.50. The molecule has 5 nitrogen and oxygen atoms in total. The zero-order chi connectivity index (χ0) is 18.8. The average molecular weight is 361 g/mol. The summed E-state index contributed by atoms with van der Waals surface area (Å²) in [7, 11) is 0. The number of rotatable bonds is 5. The van der Waals surface area contributed by atoms with Crippen molar-refractivity contribution in [2.75, 3.05) is 11.4 Å². The van der Waals surface area contributed by atoms with Crippen molar-refractivity contribution in [2.24, 2.45) is 0 Å². The van der Waals surface area contributed by atoms with Crippen LogP contribution >= 0.6 is 0 Å². The summed E-state index contributed by atoms with van der Waals surface area (Å²) in [6.07, 6.45) is 2.39. The fraction of sp³-hybridized carbons (Fsp3) is 0.318. The summed E-state index contributed by atoms with van der Waals surface area (Å²) in [5, 5.41) is 4.14. The number of hydrogen-bond acceptors (Lipinski definition) is 4. The highest BCUT2D eigenvalue weighted by molar-refractivity contribution is 5.96. The van der Waals surface area contributed by atoms with Gasteiger partial charge in [0.05, 0.1) is 0 Å². The second-order valence-corrected chi connectivity index (χ2v) is 6.93. The van der Waals surface area contributed by atoms with E-state index < -0.39 is 0 Å². The molecule has 0 bridgehead atoms. The quantitative estimate of drug-likeness (QED) is 0.676. The SMILES string of the molecule is CCc1ccc(-c2nc(C3CC(=O)N(c4ccc(CC)cc4)C3)no2)cc1. The Balaban J connectivity index is 1.51. The molecule has 0 saturated carbocycles. The van der Waals surface area contributed by atoms with Gasteiger partial charge in [-0.2, -0.15) is 4.98 Å². The Bertz CT molecular complexity index is 929. The minimum absolute atomic E-state index is 0.0456. The molecule has 1 aromatic heterocycles. The average Bonchev–Trinajstić information content (AvgIpc) is 3.35. The Labute approximate surface area is 159 Å². The highest BCUT2D eigenvalue weighted by Crippen LogP contribution is 2.31. The highest BCUT2D eigenvalue weighted by atomic mass is 16.5. The molecule has 2 aromatic carbocycles. The molecule has 1 unspecified atom stereocenters. The van der Waals surface area contributed by atoms with Crippen LogP contribution in [0.1, 0.15) is 43.1 Å². The number of benzene rings is 2. The number of hydrogen-bond donors (Lipinski definition) is 0. The van der Waals surface area contributed by atoms with Crippen molar-refractivity contribution in [3.63, 3.8) is 0 Å². The van der Waals surface area contributed by atoms with Gasteiger partial charge in [-0.1, -0.05) is 43.3 Å². The van der Waals surface area contributed by atoms with Gasteiger partial charge in [0.2, 0.25) is 5.91 Å². The minimum atomic E-state index is -0.0456. The molecule has 27 heavy (non-hydrogen) atoms. The van der Waals surface area contributed by atoms with E-state index in [1.165, 1.54) is 11.1 Å². The van der Waals surface area contributed by atoms with Crippen LogP contribution < -0.4 is 4.90 Å². The molecule has 1 aliphatic rings. The van der Waals surface area contributed by atoms with Crippen LogP contribution in [-0.4, -0.2) is 22.6 Å². The number of carbonyl (C=O) groups is 1. The zero-order valence-corrected chi connectivity index (χ0v) is 15.7. The first-order chi connectivity index (χ1) is 13.2. The second kappa shape index (κ2) is 7.35. The molecule has 1 aliphatic heterocycles. The molecule has 1 atom stereocenters. The molecule has 5 heteroatoms. The Morgan fingerprint density at radius 2 is 1.63 bits per heavy atom. The maximum Gasteiger partial charge on any atom is 0.257 e. The monoisotopic (exact) mass is 361 g/mol. The molecule has 1 fully saturated rings. The number of amides is 1. The van der Waals surface area contributed by atoms with E-state index in [-0.39, 0.29) is 11.8 Å². The van der Waals surface area contributed by atoms with Crippen molar-refractivity contribution in [3.05, 3.63) is 65.5 Å². The first kappa shape index (κ1) is 17.5. The highest BCUT2D eigenvalue weighted by Gasteiger charge is 2.34. The summed E-state index contributed by atoms with van der Waals surface area (Å²) in [5.74, 6) is 1.16. The van der Waals surface area contributed by atoms with Crippen molar-refractivity contribution in [1.82, 2.24) is 10.1 Å². The zero-order valence-electron chi connectivity index (χ0n) is 15.7. The minimum Gasteiger partial charge on any atom is -0.334 e. The van der Waals surface area contributed by atoms with Crippen LogP contribution in [0.4, 0.5) is 5.69 Å². The molecule has 3 aromatic rings. The van der Waals surface area contributed by atoms with E-state index in [2.05, 4.69) is 48.3 Å². The van der Waals surface area contributed by atoms with Crippen molar-refractivity contribution >= 4 is 11.6 Å². The van der Waals surface area contributed by atoms with E-state index in [1.807, 2.05) is 29.2 Å². The van der Waals surface area contributed by atoms with Gasteiger partial charge >= 0.3 is 0 Å².